The molecule has 0 spiro atoms. The Morgan fingerprint density at radius 1 is 0.758 bits per heavy atom. The van der Waals surface area contributed by atoms with Gasteiger partial charge in [0.05, 0.1) is 9.79 Å². The summed E-state index contributed by atoms with van der Waals surface area (Å²) in [5.41, 5.74) is 4.48. The van der Waals surface area contributed by atoms with Crippen LogP contribution in [0.15, 0.2) is 58.3 Å². The summed E-state index contributed by atoms with van der Waals surface area (Å²) in [6.45, 7) is 9.00. The molecule has 0 aromatic heterocycles. The van der Waals surface area contributed by atoms with E-state index in [9.17, 15) is 16.8 Å². The van der Waals surface area contributed by atoms with E-state index in [0.717, 1.165) is 36.8 Å². The minimum absolute atomic E-state index is 0.169. The van der Waals surface area contributed by atoms with Crippen LogP contribution in [0.25, 0.3) is 0 Å². The van der Waals surface area contributed by atoms with Gasteiger partial charge in [0, 0.05) is 20.1 Å². The molecule has 0 aliphatic rings. The van der Waals surface area contributed by atoms with E-state index in [4.69, 9.17) is 4.28 Å². The van der Waals surface area contributed by atoms with Crippen LogP contribution in [0.5, 0.6) is 0 Å². The van der Waals surface area contributed by atoms with Crippen molar-refractivity contribution < 1.29 is 25.4 Å². The van der Waals surface area contributed by atoms with Crippen molar-refractivity contribution in [3.05, 3.63) is 59.7 Å². The Morgan fingerprint density at radius 3 is 1.67 bits per heavy atom. The number of hydroxylamine groups is 3. The van der Waals surface area contributed by atoms with Crippen LogP contribution >= 0.6 is 0 Å². The molecule has 0 aliphatic carbocycles. The zero-order valence-corrected chi connectivity index (χ0v) is 21.7. The molecule has 0 amide bonds. The average Bonchev–Trinajstić information content (AvgIpc) is 2.76. The van der Waals surface area contributed by atoms with Gasteiger partial charge in [0.2, 0.25) is 0 Å². The maximum Gasteiger partial charge on any atom is 0.313 e. The second-order valence-electron chi connectivity index (χ2n) is 7.65. The molecule has 186 valence electrons. The number of hydrogen-bond acceptors (Lipinski definition) is 8. The largest absolute Gasteiger partial charge is 0.313 e. The van der Waals surface area contributed by atoms with Crippen molar-refractivity contribution in [1.29, 1.82) is 0 Å². The van der Waals surface area contributed by atoms with Crippen molar-refractivity contribution in [3.63, 3.8) is 0 Å². The second-order valence-corrected chi connectivity index (χ2v) is 10.7. The van der Waals surface area contributed by atoms with Gasteiger partial charge in [-0.15, -0.1) is 0 Å². The van der Waals surface area contributed by atoms with Crippen LogP contribution < -0.4 is 5.48 Å². The molecule has 0 saturated carbocycles. The lowest BCUT2D eigenvalue weighted by Gasteiger charge is -2.15. The molecular weight excluding hydrogens is 464 g/mol. The number of nitrogens with one attached hydrogen (secondary N) is 1. The first kappa shape index (κ1) is 29.2. The SMILES string of the molecule is CCCCN(C)OS(=O)(=O)c1ccc(C)cc1.CCCCNOS(=O)(=O)c1ccc(C)cc1. The molecule has 0 fully saturated rings. The third-order valence-corrected chi connectivity index (χ3v) is 6.96. The zero-order chi connectivity index (χ0) is 24.9. The number of benzene rings is 2. The maximum atomic E-state index is 11.9. The van der Waals surface area contributed by atoms with Gasteiger partial charge in [-0.25, -0.2) is 0 Å². The maximum absolute atomic E-state index is 11.9. The van der Waals surface area contributed by atoms with Gasteiger partial charge in [0.15, 0.2) is 0 Å². The van der Waals surface area contributed by atoms with E-state index in [1.54, 1.807) is 43.4 Å². The van der Waals surface area contributed by atoms with Crippen molar-refractivity contribution in [3.8, 4) is 0 Å². The molecule has 0 radical (unpaired) electrons. The molecule has 0 bridgehead atoms. The summed E-state index contributed by atoms with van der Waals surface area (Å²) in [6, 6.07) is 13.2. The van der Waals surface area contributed by atoms with Gasteiger partial charge in [-0.3, -0.25) is 0 Å². The Balaban J connectivity index is 0.000000331. The molecule has 2 aromatic carbocycles. The van der Waals surface area contributed by atoms with E-state index in [2.05, 4.69) is 9.76 Å². The molecule has 1 N–H and O–H groups in total. The minimum atomic E-state index is -3.68. The third kappa shape index (κ3) is 11.2. The predicted molar refractivity (Wildman–Crippen MR) is 129 cm³/mol. The summed E-state index contributed by atoms with van der Waals surface area (Å²) >= 11 is 0. The van der Waals surface area contributed by atoms with Crippen molar-refractivity contribution in [2.24, 2.45) is 0 Å². The molecule has 0 aliphatic heterocycles. The van der Waals surface area contributed by atoms with Gasteiger partial charge < -0.3 is 0 Å². The quantitative estimate of drug-likeness (QED) is 0.339. The predicted octanol–water partition coefficient (Wildman–Crippen LogP) is 4.35. The lowest BCUT2D eigenvalue weighted by Crippen LogP contribution is -2.24. The summed E-state index contributed by atoms with van der Waals surface area (Å²) in [6.07, 6.45) is 3.77. The Hall–Kier alpha value is -1.82. The molecule has 10 heteroatoms. The fourth-order valence-corrected chi connectivity index (χ4v) is 4.22. The lowest BCUT2D eigenvalue weighted by molar-refractivity contribution is -0.0248. The number of unbranched alkanes of at least 4 members (excludes halogenated alkanes) is 2. The van der Waals surface area contributed by atoms with Crippen LogP contribution in [0, 0.1) is 13.8 Å². The number of nitrogens with zero attached hydrogens (tertiary/aromatic N) is 1. The highest BCUT2D eigenvalue weighted by Crippen LogP contribution is 2.14. The molecular formula is C23H36N2O6S2. The fourth-order valence-electron chi connectivity index (χ4n) is 2.45. The van der Waals surface area contributed by atoms with Crippen LogP contribution in [0.4, 0.5) is 0 Å². The standard InChI is InChI=1S/C12H19NO3S.C11H17NO3S/c1-4-5-10-13(3)16-17(14,15)12-8-6-11(2)7-9-12;1-3-4-9-12-15-16(13,14)11-7-5-10(2)6-8-11/h6-9H,4-5,10H2,1-3H3;5-8,12H,3-4,9H2,1-2H3. The minimum Gasteiger partial charge on any atom is -0.192 e. The van der Waals surface area contributed by atoms with E-state index in [1.807, 2.05) is 27.7 Å². The van der Waals surface area contributed by atoms with Crippen molar-refractivity contribution in [2.45, 2.75) is 63.2 Å². The molecule has 0 unspecified atom stereocenters. The Kier molecular flexibility index (Phi) is 12.8. The highest BCUT2D eigenvalue weighted by atomic mass is 32.2. The summed E-state index contributed by atoms with van der Waals surface area (Å²) in [7, 11) is -5.72. The molecule has 8 nitrogen and oxygen atoms in total. The first-order valence-corrected chi connectivity index (χ1v) is 13.8. The topological polar surface area (TPSA) is 102 Å². The van der Waals surface area contributed by atoms with Gasteiger partial charge >= 0.3 is 20.2 Å². The summed E-state index contributed by atoms with van der Waals surface area (Å²) in [4.78, 5) is 0.355. The van der Waals surface area contributed by atoms with Gasteiger partial charge in [-0.1, -0.05) is 62.1 Å². The van der Waals surface area contributed by atoms with E-state index in [1.165, 1.54) is 17.2 Å². The smallest absolute Gasteiger partial charge is 0.192 e. The average molecular weight is 501 g/mol. The van der Waals surface area contributed by atoms with Crippen molar-refractivity contribution in [2.75, 3.05) is 20.1 Å². The van der Waals surface area contributed by atoms with E-state index in [0.29, 0.717) is 13.1 Å². The zero-order valence-electron chi connectivity index (χ0n) is 20.1. The first-order valence-electron chi connectivity index (χ1n) is 11.0. The lowest BCUT2D eigenvalue weighted by atomic mass is 10.2. The summed E-state index contributed by atoms with van der Waals surface area (Å²) in [5, 5.41) is 1.36. The fraction of sp³-hybridized carbons (Fsp3) is 0.478. The molecule has 33 heavy (non-hydrogen) atoms. The van der Waals surface area contributed by atoms with Gasteiger partial charge in [0.1, 0.15) is 0 Å². The summed E-state index contributed by atoms with van der Waals surface area (Å²) in [5.74, 6) is 0. The first-order chi connectivity index (χ1) is 15.5. The number of rotatable bonds is 12. The second kappa shape index (κ2) is 14.4. The van der Waals surface area contributed by atoms with Crippen LogP contribution in [0.1, 0.15) is 50.7 Å². The van der Waals surface area contributed by atoms with Crippen LogP contribution in [0.2, 0.25) is 0 Å². The molecule has 0 saturated heterocycles. The highest BCUT2D eigenvalue weighted by molar-refractivity contribution is 7.87. The van der Waals surface area contributed by atoms with Gasteiger partial charge in [0.25, 0.3) is 0 Å². The van der Waals surface area contributed by atoms with E-state index >= 15 is 0 Å². The molecule has 0 heterocycles. The van der Waals surface area contributed by atoms with E-state index < -0.39 is 20.2 Å². The summed E-state index contributed by atoms with van der Waals surface area (Å²) < 4.78 is 56.6. The normalized spacial score (nSPS) is 11.8. The van der Waals surface area contributed by atoms with Crippen LogP contribution in [0.3, 0.4) is 0 Å². The Morgan fingerprint density at radius 2 is 1.21 bits per heavy atom. The Bertz CT molecular complexity index is 1020. The van der Waals surface area contributed by atoms with Gasteiger partial charge in [-0.05, 0) is 51.0 Å². The molecule has 2 aromatic rings. The van der Waals surface area contributed by atoms with Gasteiger partial charge in [-0.2, -0.15) is 35.9 Å². The van der Waals surface area contributed by atoms with Crippen LogP contribution in [-0.2, 0) is 28.8 Å². The van der Waals surface area contributed by atoms with Crippen molar-refractivity contribution >= 4 is 20.2 Å². The monoisotopic (exact) mass is 500 g/mol. The van der Waals surface area contributed by atoms with Crippen LogP contribution in [-0.4, -0.2) is 42.0 Å². The molecule has 2 rings (SSSR count). The number of hydrogen-bond donors (Lipinski definition) is 1. The van der Waals surface area contributed by atoms with Crippen molar-refractivity contribution in [1.82, 2.24) is 10.5 Å². The Labute approximate surface area is 199 Å². The third-order valence-electron chi connectivity index (χ3n) is 4.47. The highest BCUT2D eigenvalue weighted by Gasteiger charge is 2.17. The number of aryl methyl sites for hydroxylation is 2. The molecule has 0 atom stereocenters. The van der Waals surface area contributed by atoms with E-state index in [-0.39, 0.29) is 9.79 Å².